The van der Waals surface area contributed by atoms with Crippen molar-refractivity contribution >= 4 is 34.0 Å². The van der Waals surface area contributed by atoms with Crippen LogP contribution in [0.2, 0.25) is 0 Å². The van der Waals surface area contributed by atoms with Crippen LogP contribution in [0.3, 0.4) is 0 Å². The Labute approximate surface area is 90.9 Å². The van der Waals surface area contributed by atoms with E-state index in [0.717, 1.165) is 16.4 Å². The molecule has 1 heterocycles. The number of hydrogen-bond acceptors (Lipinski definition) is 4. The largest absolute Gasteiger partial charge is 0.330 e. The zero-order valence-corrected chi connectivity index (χ0v) is 8.85. The zero-order chi connectivity index (χ0) is 9.80. The molecule has 0 aliphatic carbocycles. The van der Waals surface area contributed by atoms with E-state index in [1.165, 1.54) is 17.9 Å². The molecule has 2 aromatic rings. The third kappa shape index (κ3) is 2.21. The van der Waals surface area contributed by atoms with Crippen molar-refractivity contribution in [2.45, 2.75) is 5.88 Å². The first-order chi connectivity index (χ1) is 6.88. The second-order valence-electron chi connectivity index (χ2n) is 2.71. The molecule has 2 rings (SSSR count). The lowest BCUT2D eigenvalue weighted by Crippen LogP contribution is -1.89. The molecule has 0 saturated carbocycles. The normalized spacial score (nSPS) is 10.1. The second-order valence-corrected chi connectivity index (χ2v) is 3.75. The highest BCUT2D eigenvalue weighted by Gasteiger charge is 1.98. The highest BCUT2D eigenvalue weighted by molar-refractivity contribution is 7.09. The number of alkyl halides is 1. The Morgan fingerprint density at radius 1 is 1.43 bits per heavy atom. The van der Waals surface area contributed by atoms with Crippen LogP contribution < -0.4 is 5.32 Å². The van der Waals surface area contributed by atoms with Gasteiger partial charge in [0.05, 0.1) is 0 Å². The smallest absolute Gasteiger partial charge is 0.206 e. The minimum atomic E-state index is 0.519. The van der Waals surface area contributed by atoms with Crippen molar-refractivity contribution in [1.29, 1.82) is 0 Å². The minimum Gasteiger partial charge on any atom is -0.330 e. The van der Waals surface area contributed by atoms with E-state index in [2.05, 4.69) is 14.7 Å². The second kappa shape index (κ2) is 4.39. The molecule has 0 fully saturated rings. The summed E-state index contributed by atoms with van der Waals surface area (Å²) in [6, 6.07) is 7.91. The molecular formula is C9H8ClN3S. The van der Waals surface area contributed by atoms with E-state index in [0.29, 0.717) is 5.88 Å². The fraction of sp³-hybridized carbons (Fsp3) is 0.111. The van der Waals surface area contributed by atoms with E-state index in [1.807, 2.05) is 24.3 Å². The van der Waals surface area contributed by atoms with Crippen molar-refractivity contribution in [3.8, 4) is 0 Å². The van der Waals surface area contributed by atoms with Crippen LogP contribution in [0.5, 0.6) is 0 Å². The Kier molecular flexibility index (Phi) is 2.96. The first-order valence-corrected chi connectivity index (χ1v) is 5.38. The van der Waals surface area contributed by atoms with E-state index < -0.39 is 0 Å². The van der Waals surface area contributed by atoms with Crippen molar-refractivity contribution in [3.05, 3.63) is 36.2 Å². The van der Waals surface area contributed by atoms with Gasteiger partial charge in [-0.25, -0.2) is 4.98 Å². The van der Waals surface area contributed by atoms with Crippen LogP contribution in [0, 0.1) is 0 Å². The topological polar surface area (TPSA) is 37.8 Å². The van der Waals surface area contributed by atoms with Crippen LogP contribution in [0.15, 0.2) is 30.6 Å². The molecule has 0 aliphatic rings. The number of aromatic nitrogens is 2. The molecule has 0 radical (unpaired) electrons. The first-order valence-electron chi connectivity index (χ1n) is 4.07. The Morgan fingerprint density at radius 3 is 3.07 bits per heavy atom. The predicted octanol–water partition coefficient (Wildman–Crippen LogP) is 3.02. The molecule has 0 aliphatic heterocycles. The van der Waals surface area contributed by atoms with Gasteiger partial charge in [-0.3, -0.25) is 0 Å². The van der Waals surface area contributed by atoms with Gasteiger partial charge in [0.25, 0.3) is 0 Å². The number of nitrogens with one attached hydrogen (secondary N) is 1. The fourth-order valence-corrected chi connectivity index (χ4v) is 1.70. The van der Waals surface area contributed by atoms with Gasteiger partial charge in [-0.2, -0.15) is 4.37 Å². The molecule has 5 heteroatoms. The number of rotatable bonds is 3. The molecular weight excluding hydrogens is 218 g/mol. The lowest BCUT2D eigenvalue weighted by atomic mass is 10.2. The van der Waals surface area contributed by atoms with Gasteiger partial charge >= 0.3 is 0 Å². The van der Waals surface area contributed by atoms with Crippen LogP contribution in [0.1, 0.15) is 5.56 Å². The van der Waals surface area contributed by atoms with Gasteiger partial charge < -0.3 is 5.32 Å². The van der Waals surface area contributed by atoms with E-state index in [4.69, 9.17) is 11.6 Å². The van der Waals surface area contributed by atoms with Crippen LogP contribution >= 0.6 is 23.1 Å². The Balaban J connectivity index is 2.17. The lowest BCUT2D eigenvalue weighted by molar-refractivity contribution is 1.31. The van der Waals surface area contributed by atoms with Crippen molar-refractivity contribution in [2.75, 3.05) is 5.32 Å². The molecule has 1 aromatic heterocycles. The highest BCUT2D eigenvalue weighted by atomic mass is 35.5. The number of nitrogens with zero attached hydrogens (tertiary/aromatic N) is 2. The van der Waals surface area contributed by atoms with Crippen LogP contribution in [-0.4, -0.2) is 9.36 Å². The summed E-state index contributed by atoms with van der Waals surface area (Å²) in [7, 11) is 0. The lowest BCUT2D eigenvalue weighted by Gasteiger charge is -2.02. The maximum atomic E-state index is 5.73. The Morgan fingerprint density at radius 2 is 2.36 bits per heavy atom. The van der Waals surface area contributed by atoms with Gasteiger partial charge in [-0.05, 0) is 17.7 Å². The number of anilines is 2. The molecule has 1 N–H and O–H groups in total. The molecule has 0 spiro atoms. The molecule has 1 aromatic carbocycles. The monoisotopic (exact) mass is 225 g/mol. The average molecular weight is 226 g/mol. The van der Waals surface area contributed by atoms with Gasteiger partial charge in [0.2, 0.25) is 5.13 Å². The predicted molar refractivity (Wildman–Crippen MR) is 59.2 cm³/mol. The summed E-state index contributed by atoms with van der Waals surface area (Å²) in [6.07, 6.45) is 1.53. The van der Waals surface area contributed by atoms with Gasteiger partial charge in [0.1, 0.15) is 6.33 Å². The Hall–Kier alpha value is -1.13. The molecule has 0 saturated heterocycles. The summed E-state index contributed by atoms with van der Waals surface area (Å²) in [4.78, 5) is 4.03. The van der Waals surface area contributed by atoms with Crippen LogP contribution in [0.25, 0.3) is 0 Å². The molecule has 0 atom stereocenters. The van der Waals surface area contributed by atoms with E-state index >= 15 is 0 Å². The first kappa shape index (κ1) is 9.43. The molecule has 0 amide bonds. The SMILES string of the molecule is ClCc1cccc(Nc2ncns2)c1. The third-order valence-corrected chi connectivity index (χ3v) is 2.58. The van der Waals surface area contributed by atoms with Gasteiger partial charge in [0, 0.05) is 23.1 Å². The minimum absolute atomic E-state index is 0.519. The Bertz CT molecular complexity index is 402. The molecule has 3 nitrogen and oxygen atoms in total. The van der Waals surface area contributed by atoms with E-state index in [9.17, 15) is 0 Å². The third-order valence-electron chi connectivity index (χ3n) is 1.69. The summed E-state index contributed by atoms with van der Waals surface area (Å²) in [5.41, 5.74) is 2.07. The van der Waals surface area contributed by atoms with E-state index in [1.54, 1.807) is 0 Å². The van der Waals surface area contributed by atoms with E-state index in [-0.39, 0.29) is 0 Å². The zero-order valence-electron chi connectivity index (χ0n) is 7.27. The van der Waals surface area contributed by atoms with Gasteiger partial charge in [-0.1, -0.05) is 12.1 Å². The maximum Gasteiger partial charge on any atom is 0.206 e. The molecule has 14 heavy (non-hydrogen) atoms. The van der Waals surface area contributed by atoms with Crippen molar-refractivity contribution in [3.63, 3.8) is 0 Å². The van der Waals surface area contributed by atoms with Gasteiger partial charge in [-0.15, -0.1) is 11.6 Å². The van der Waals surface area contributed by atoms with Crippen LogP contribution in [0.4, 0.5) is 10.8 Å². The average Bonchev–Trinajstić information content (AvgIpc) is 2.71. The summed E-state index contributed by atoms with van der Waals surface area (Å²) < 4.78 is 3.90. The fourth-order valence-electron chi connectivity index (χ4n) is 1.08. The molecule has 0 unspecified atom stereocenters. The molecule has 72 valence electrons. The number of halogens is 1. The van der Waals surface area contributed by atoms with Gasteiger partial charge in [0.15, 0.2) is 0 Å². The number of benzene rings is 1. The standard InChI is InChI=1S/C9H8ClN3S/c10-5-7-2-1-3-8(4-7)13-9-11-6-12-14-9/h1-4,6H,5H2,(H,11,12,13). The number of hydrogen-bond donors (Lipinski definition) is 1. The molecule has 0 bridgehead atoms. The van der Waals surface area contributed by atoms with Crippen molar-refractivity contribution in [2.24, 2.45) is 0 Å². The maximum absolute atomic E-state index is 5.73. The summed E-state index contributed by atoms with van der Waals surface area (Å²) >= 11 is 7.05. The summed E-state index contributed by atoms with van der Waals surface area (Å²) in [6.45, 7) is 0. The quantitative estimate of drug-likeness (QED) is 0.816. The summed E-state index contributed by atoms with van der Waals surface area (Å²) in [5.74, 6) is 0.519. The van der Waals surface area contributed by atoms with Crippen molar-refractivity contribution in [1.82, 2.24) is 9.36 Å². The summed E-state index contributed by atoms with van der Waals surface area (Å²) in [5, 5.41) is 3.93. The van der Waals surface area contributed by atoms with Crippen LogP contribution in [-0.2, 0) is 5.88 Å². The van der Waals surface area contributed by atoms with Crippen molar-refractivity contribution < 1.29 is 0 Å². The highest BCUT2D eigenvalue weighted by Crippen LogP contribution is 2.18.